The van der Waals surface area contributed by atoms with E-state index in [-0.39, 0.29) is 41.9 Å². The zero-order valence-corrected chi connectivity index (χ0v) is 23.4. The fourth-order valence-corrected chi connectivity index (χ4v) is 5.07. The van der Waals surface area contributed by atoms with Crippen LogP contribution in [0.15, 0.2) is 29.2 Å². The molecule has 0 spiro atoms. The van der Waals surface area contributed by atoms with E-state index in [9.17, 15) is 32.3 Å². The van der Waals surface area contributed by atoms with Crippen molar-refractivity contribution in [1.82, 2.24) is 25.3 Å². The number of alkyl halides is 3. The first-order valence-electron chi connectivity index (χ1n) is 13.7. The number of nitrogens with one attached hydrogen (secondary N) is 2. The molecule has 226 valence electrons. The second-order valence-corrected chi connectivity index (χ2v) is 11.1. The summed E-state index contributed by atoms with van der Waals surface area (Å²) in [6.45, 7) is 5.20. The Labute approximate surface area is 236 Å². The lowest BCUT2D eigenvalue weighted by molar-refractivity contribution is -0.188. The van der Waals surface area contributed by atoms with Crippen LogP contribution in [0.1, 0.15) is 69.4 Å². The van der Waals surface area contributed by atoms with Crippen molar-refractivity contribution in [3.05, 3.63) is 29.9 Å². The molecule has 4 amide bonds. The summed E-state index contributed by atoms with van der Waals surface area (Å²) in [5, 5.41) is 9.83. The minimum atomic E-state index is -4.79. The summed E-state index contributed by atoms with van der Waals surface area (Å²) < 4.78 is 41.6. The van der Waals surface area contributed by atoms with E-state index in [1.165, 1.54) is 19.3 Å². The molecule has 11 nitrogen and oxygen atoms in total. The highest BCUT2D eigenvalue weighted by Gasteiger charge is 2.48. The Morgan fingerprint density at radius 3 is 2.27 bits per heavy atom. The highest BCUT2D eigenvalue weighted by Crippen LogP contribution is 2.50. The van der Waals surface area contributed by atoms with E-state index in [0.29, 0.717) is 17.5 Å². The van der Waals surface area contributed by atoms with Crippen molar-refractivity contribution in [3.63, 3.8) is 0 Å². The van der Waals surface area contributed by atoms with Gasteiger partial charge in [0.05, 0.1) is 5.70 Å². The molecule has 2 aliphatic rings. The van der Waals surface area contributed by atoms with E-state index in [1.54, 1.807) is 10.7 Å². The van der Waals surface area contributed by atoms with Crippen LogP contribution in [-0.4, -0.2) is 70.3 Å². The quantitative estimate of drug-likeness (QED) is 0.202. The zero-order chi connectivity index (χ0) is 30.3. The first kappa shape index (κ1) is 31.8. The summed E-state index contributed by atoms with van der Waals surface area (Å²) in [7, 11) is 0. The maximum absolute atomic E-state index is 13.5. The average molecular weight is 582 g/mol. The molecule has 0 aliphatic heterocycles. The maximum atomic E-state index is 13.5. The molecular formula is C27H38F3N7O4. The van der Waals surface area contributed by atoms with E-state index >= 15 is 0 Å². The number of aromatic nitrogens is 2. The Morgan fingerprint density at radius 2 is 1.78 bits per heavy atom. The van der Waals surface area contributed by atoms with Crippen molar-refractivity contribution in [2.75, 3.05) is 6.54 Å². The summed E-state index contributed by atoms with van der Waals surface area (Å²) in [6.07, 6.45) is 2.15. The highest BCUT2D eigenvalue weighted by molar-refractivity contribution is 5.98. The van der Waals surface area contributed by atoms with Gasteiger partial charge in [0.25, 0.3) is 5.91 Å². The Hall–Kier alpha value is -3.71. The normalized spacial score (nSPS) is 18.3. The Morgan fingerprint density at radius 1 is 1.17 bits per heavy atom. The van der Waals surface area contributed by atoms with Gasteiger partial charge in [-0.2, -0.15) is 18.3 Å². The summed E-state index contributed by atoms with van der Waals surface area (Å²) in [6, 6.07) is -1.56. The van der Waals surface area contributed by atoms with Crippen LogP contribution in [0.5, 0.6) is 0 Å². The van der Waals surface area contributed by atoms with Crippen molar-refractivity contribution >= 4 is 30.8 Å². The number of rotatable bonds is 16. The molecule has 2 aliphatic carbocycles. The molecule has 1 aromatic rings. The van der Waals surface area contributed by atoms with E-state index in [1.807, 2.05) is 13.8 Å². The maximum Gasteiger partial charge on any atom is 0.409 e. The Kier molecular flexibility index (Phi) is 10.7. The predicted octanol–water partition coefficient (Wildman–Crippen LogP) is 2.56. The summed E-state index contributed by atoms with van der Waals surface area (Å²) in [5.74, 6) is -0.925. The van der Waals surface area contributed by atoms with Gasteiger partial charge in [0.2, 0.25) is 18.7 Å². The monoisotopic (exact) mass is 581 g/mol. The van der Waals surface area contributed by atoms with Crippen molar-refractivity contribution in [3.8, 4) is 0 Å². The summed E-state index contributed by atoms with van der Waals surface area (Å²) >= 11 is 0. The van der Waals surface area contributed by atoms with Crippen LogP contribution in [0.3, 0.4) is 0 Å². The average Bonchev–Trinajstić information content (AvgIpc) is 3.86. The third kappa shape index (κ3) is 8.64. The fourth-order valence-electron chi connectivity index (χ4n) is 5.07. The minimum absolute atomic E-state index is 0.0387. The first-order valence-corrected chi connectivity index (χ1v) is 13.7. The molecule has 0 aromatic carbocycles. The van der Waals surface area contributed by atoms with Crippen LogP contribution in [0.2, 0.25) is 0 Å². The van der Waals surface area contributed by atoms with Gasteiger partial charge < -0.3 is 16.4 Å². The molecule has 2 fully saturated rings. The SMILES string of the molecule is CC(CN=CC(=CN)NC(=O)C(NC(=O)c1ccnn1C(C)C)C(C1CC1)C1CC1)CC(N(C=O)C=O)C(F)(F)F. The molecule has 3 atom stereocenters. The van der Waals surface area contributed by atoms with Gasteiger partial charge in [-0.1, -0.05) is 6.92 Å². The van der Waals surface area contributed by atoms with Crippen molar-refractivity contribution < 1.29 is 32.3 Å². The van der Waals surface area contributed by atoms with Gasteiger partial charge in [0, 0.05) is 31.2 Å². The number of carbonyl (C=O) groups excluding carboxylic acids is 4. The predicted molar refractivity (Wildman–Crippen MR) is 144 cm³/mol. The number of nitrogens with zero attached hydrogens (tertiary/aromatic N) is 4. The molecule has 0 radical (unpaired) electrons. The molecule has 3 rings (SSSR count). The van der Waals surface area contributed by atoms with Crippen LogP contribution >= 0.6 is 0 Å². The number of carbonyl (C=O) groups is 4. The third-order valence-corrected chi connectivity index (χ3v) is 7.38. The zero-order valence-electron chi connectivity index (χ0n) is 23.4. The van der Waals surface area contributed by atoms with Crippen LogP contribution in [0.25, 0.3) is 0 Å². The smallest absolute Gasteiger partial charge is 0.403 e. The van der Waals surface area contributed by atoms with Gasteiger partial charge >= 0.3 is 6.18 Å². The van der Waals surface area contributed by atoms with Crippen LogP contribution in [-0.2, 0) is 14.4 Å². The number of allylic oxidation sites excluding steroid dienone is 1. The van der Waals surface area contributed by atoms with Gasteiger partial charge in [0.1, 0.15) is 17.8 Å². The van der Waals surface area contributed by atoms with E-state index < -0.39 is 42.4 Å². The number of hydrogen-bond acceptors (Lipinski definition) is 7. The molecule has 3 unspecified atom stereocenters. The lowest BCUT2D eigenvalue weighted by Crippen LogP contribution is -2.52. The first-order chi connectivity index (χ1) is 19.4. The number of hydrogen-bond donors (Lipinski definition) is 3. The van der Waals surface area contributed by atoms with Crippen LogP contribution in [0.4, 0.5) is 13.2 Å². The van der Waals surface area contributed by atoms with E-state index in [2.05, 4.69) is 20.7 Å². The molecule has 1 heterocycles. The lowest BCUT2D eigenvalue weighted by atomic mass is 9.88. The molecule has 4 N–H and O–H groups in total. The molecule has 0 saturated heterocycles. The number of halogens is 3. The van der Waals surface area contributed by atoms with Crippen LogP contribution < -0.4 is 16.4 Å². The van der Waals surface area contributed by atoms with E-state index in [0.717, 1.165) is 31.9 Å². The van der Waals surface area contributed by atoms with Gasteiger partial charge in [0.15, 0.2) is 0 Å². The lowest BCUT2D eigenvalue weighted by Gasteiger charge is -2.28. The second kappa shape index (κ2) is 13.8. The Bertz CT molecular complexity index is 1120. The fraction of sp³-hybridized carbons (Fsp3) is 0.630. The summed E-state index contributed by atoms with van der Waals surface area (Å²) in [4.78, 5) is 52.7. The number of nitrogens with two attached hydrogens (primary N) is 1. The van der Waals surface area contributed by atoms with Crippen molar-refractivity contribution in [2.24, 2.45) is 34.4 Å². The van der Waals surface area contributed by atoms with Crippen molar-refractivity contribution in [1.29, 1.82) is 0 Å². The minimum Gasteiger partial charge on any atom is -0.403 e. The molecular weight excluding hydrogens is 543 g/mol. The number of imide groups is 1. The van der Waals surface area contributed by atoms with Gasteiger partial charge in [-0.25, -0.2) is 0 Å². The van der Waals surface area contributed by atoms with Crippen LogP contribution in [0, 0.1) is 23.7 Å². The molecule has 2 saturated carbocycles. The Balaban J connectivity index is 1.68. The highest BCUT2D eigenvalue weighted by atomic mass is 19.4. The molecule has 0 bridgehead atoms. The van der Waals surface area contributed by atoms with Crippen molar-refractivity contribution in [2.45, 2.75) is 77.2 Å². The molecule has 41 heavy (non-hydrogen) atoms. The standard InChI is InChI=1S/C27H38F3N7O4/c1-16(2)37-21(8-9-33-37)25(40)35-24(23(18-4-5-18)19-6-7-19)26(41)34-20(11-31)13-32-12-17(3)10-22(27(28,29)30)36(14-38)15-39/h8-9,11,13-19,22-24H,4-7,10,12,31H2,1-3H3,(H,34,41)(H,35,40). The van der Waals surface area contributed by atoms with Gasteiger partial charge in [-0.3, -0.25) is 33.8 Å². The third-order valence-electron chi connectivity index (χ3n) is 7.38. The van der Waals surface area contributed by atoms with E-state index in [4.69, 9.17) is 5.73 Å². The molecule has 14 heteroatoms. The number of amides is 4. The molecule has 1 aromatic heterocycles. The topological polar surface area (TPSA) is 152 Å². The number of aliphatic imine (C=N–C) groups is 1. The van der Waals surface area contributed by atoms with Gasteiger partial charge in [-0.15, -0.1) is 0 Å². The largest absolute Gasteiger partial charge is 0.409 e. The second-order valence-electron chi connectivity index (χ2n) is 11.1. The van der Waals surface area contributed by atoms with Gasteiger partial charge in [-0.05, 0) is 75.7 Å². The summed E-state index contributed by atoms with van der Waals surface area (Å²) in [5.41, 5.74) is 6.16.